The molecule has 9 heteroatoms. The molecule has 1 N–H and O–H groups in total. The molecule has 33 heavy (non-hydrogen) atoms. The van der Waals surface area contributed by atoms with Crippen molar-refractivity contribution < 1.29 is 13.9 Å². The first-order valence-corrected chi connectivity index (χ1v) is 11.7. The maximum absolute atomic E-state index is 12.6. The van der Waals surface area contributed by atoms with E-state index in [9.17, 15) is 4.79 Å². The third-order valence-electron chi connectivity index (χ3n) is 5.02. The Bertz CT molecular complexity index is 1210. The van der Waals surface area contributed by atoms with Crippen molar-refractivity contribution in [3.63, 3.8) is 0 Å². The summed E-state index contributed by atoms with van der Waals surface area (Å²) in [5, 5.41) is 13.0. The van der Waals surface area contributed by atoms with Crippen LogP contribution in [-0.2, 0) is 11.3 Å². The molecule has 0 radical (unpaired) electrons. The first-order valence-electron chi connectivity index (χ1n) is 10.3. The standard InChI is InChI=1S/C24H23ClN4O3S/c1-16(17-8-10-19(25)11-9-17)26-22(30)15-33-24-28-27-23(18-5-3-6-20(13-18)31-2)29(24)14-21-7-4-12-32-21/h3-13,16H,14-15H2,1-2H3,(H,26,30). The molecule has 1 atom stereocenters. The van der Waals surface area contributed by atoms with Crippen molar-refractivity contribution in [3.05, 3.63) is 83.3 Å². The first kappa shape index (κ1) is 22.9. The molecule has 7 nitrogen and oxygen atoms in total. The summed E-state index contributed by atoms with van der Waals surface area (Å²) in [6.45, 7) is 2.38. The first-order chi connectivity index (χ1) is 16.0. The normalized spacial score (nSPS) is 11.8. The lowest BCUT2D eigenvalue weighted by atomic mass is 10.1. The molecule has 2 aromatic heterocycles. The number of rotatable bonds is 9. The molecule has 0 saturated heterocycles. The maximum Gasteiger partial charge on any atom is 0.230 e. The fourth-order valence-corrected chi connectivity index (χ4v) is 4.20. The van der Waals surface area contributed by atoms with E-state index in [0.717, 1.165) is 22.6 Å². The van der Waals surface area contributed by atoms with Crippen LogP contribution in [0.25, 0.3) is 11.4 Å². The highest BCUT2D eigenvalue weighted by atomic mass is 35.5. The minimum Gasteiger partial charge on any atom is -0.497 e. The van der Waals surface area contributed by atoms with E-state index in [2.05, 4.69) is 15.5 Å². The number of methoxy groups -OCH3 is 1. The van der Waals surface area contributed by atoms with Crippen LogP contribution in [0.5, 0.6) is 5.75 Å². The van der Waals surface area contributed by atoms with Crippen LogP contribution in [0.2, 0.25) is 5.02 Å². The Morgan fingerprint density at radius 3 is 2.73 bits per heavy atom. The lowest BCUT2D eigenvalue weighted by molar-refractivity contribution is -0.119. The number of halogens is 1. The van der Waals surface area contributed by atoms with Crippen LogP contribution < -0.4 is 10.1 Å². The molecule has 170 valence electrons. The van der Waals surface area contributed by atoms with E-state index < -0.39 is 0 Å². The van der Waals surface area contributed by atoms with E-state index >= 15 is 0 Å². The third-order valence-corrected chi connectivity index (χ3v) is 6.24. The molecule has 0 aliphatic carbocycles. The number of amides is 1. The van der Waals surface area contributed by atoms with Gasteiger partial charge in [-0.2, -0.15) is 0 Å². The highest BCUT2D eigenvalue weighted by Crippen LogP contribution is 2.27. The molecular formula is C24H23ClN4O3S. The topological polar surface area (TPSA) is 82.2 Å². The van der Waals surface area contributed by atoms with E-state index in [1.807, 2.05) is 72.2 Å². The van der Waals surface area contributed by atoms with E-state index in [4.69, 9.17) is 20.8 Å². The summed E-state index contributed by atoms with van der Waals surface area (Å²) in [6, 6.07) is 18.6. The van der Waals surface area contributed by atoms with Crippen LogP contribution in [0, 0.1) is 0 Å². The molecule has 0 saturated carbocycles. The predicted octanol–water partition coefficient (Wildman–Crippen LogP) is 5.22. The molecule has 0 bridgehead atoms. The number of aromatic nitrogens is 3. The second-order valence-electron chi connectivity index (χ2n) is 7.33. The summed E-state index contributed by atoms with van der Waals surface area (Å²) < 4.78 is 12.8. The zero-order chi connectivity index (χ0) is 23.2. The number of benzene rings is 2. The van der Waals surface area contributed by atoms with Gasteiger partial charge < -0.3 is 14.5 Å². The number of carbonyl (C=O) groups is 1. The van der Waals surface area contributed by atoms with E-state index in [1.165, 1.54) is 11.8 Å². The highest BCUT2D eigenvalue weighted by Gasteiger charge is 2.18. The summed E-state index contributed by atoms with van der Waals surface area (Å²) in [4.78, 5) is 12.6. The fourth-order valence-electron chi connectivity index (χ4n) is 3.32. The van der Waals surface area contributed by atoms with Crippen molar-refractivity contribution in [3.8, 4) is 17.1 Å². The molecule has 0 spiro atoms. The molecule has 0 aliphatic rings. The van der Waals surface area contributed by atoms with Crippen molar-refractivity contribution >= 4 is 29.3 Å². The molecule has 2 aromatic carbocycles. The minimum absolute atomic E-state index is 0.0991. The van der Waals surface area contributed by atoms with Crippen LogP contribution in [-0.4, -0.2) is 33.5 Å². The molecule has 4 rings (SSSR count). The van der Waals surface area contributed by atoms with E-state index in [0.29, 0.717) is 22.5 Å². The van der Waals surface area contributed by atoms with Gasteiger partial charge in [0.2, 0.25) is 5.91 Å². The van der Waals surface area contributed by atoms with Gasteiger partial charge in [-0.3, -0.25) is 9.36 Å². The lowest BCUT2D eigenvalue weighted by Crippen LogP contribution is -2.28. The zero-order valence-corrected chi connectivity index (χ0v) is 19.8. The summed E-state index contributed by atoms with van der Waals surface area (Å²) in [5.74, 6) is 2.26. The summed E-state index contributed by atoms with van der Waals surface area (Å²) in [6.07, 6.45) is 1.63. The van der Waals surface area contributed by atoms with Crippen LogP contribution >= 0.6 is 23.4 Å². The van der Waals surface area contributed by atoms with Crippen molar-refractivity contribution in [2.24, 2.45) is 0 Å². The number of nitrogens with one attached hydrogen (secondary N) is 1. The Morgan fingerprint density at radius 1 is 1.18 bits per heavy atom. The number of nitrogens with zero attached hydrogens (tertiary/aromatic N) is 3. The second-order valence-corrected chi connectivity index (χ2v) is 8.71. The summed E-state index contributed by atoms with van der Waals surface area (Å²) >= 11 is 7.27. The number of furan rings is 1. The average Bonchev–Trinajstić information content (AvgIpc) is 3.48. The minimum atomic E-state index is -0.135. The average molecular weight is 483 g/mol. The molecule has 0 fully saturated rings. The quantitative estimate of drug-likeness (QED) is 0.329. The van der Waals surface area contributed by atoms with Crippen LogP contribution in [0.3, 0.4) is 0 Å². The molecule has 0 aliphatic heterocycles. The molecule has 1 amide bonds. The molecule has 1 unspecified atom stereocenters. The largest absolute Gasteiger partial charge is 0.497 e. The van der Waals surface area contributed by atoms with Gasteiger partial charge in [0, 0.05) is 10.6 Å². The van der Waals surface area contributed by atoms with Crippen LogP contribution in [0.4, 0.5) is 0 Å². The van der Waals surface area contributed by atoms with Gasteiger partial charge in [-0.25, -0.2) is 0 Å². The molecule has 2 heterocycles. The van der Waals surface area contributed by atoms with Gasteiger partial charge in [-0.1, -0.05) is 47.6 Å². The number of hydrogen-bond donors (Lipinski definition) is 1. The highest BCUT2D eigenvalue weighted by molar-refractivity contribution is 7.99. The Kier molecular flexibility index (Phi) is 7.36. The van der Waals surface area contributed by atoms with Gasteiger partial charge in [0.1, 0.15) is 11.5 Å². The van der Waals surface area contributed by atoms with Gasteiger partial charge in [0.25, 0.3) is 0 Å². The van der Waals surface area contributed by atoms with E-state index in [1.54, 1.807) is 13.4 Å². The number of thioether (sulfide) groups is 1. The molecular weight excluding hydrogens is 460 g/mol. The second kappa shape index (κ2) is 10.6. The summed E-state index contributed by atoms with van der Waals surface area (Å²) in [5.41, 5.74) is 1.85. The maximum atomic E-state index is 12.6. The van der Waals surface area contributed by atoms with Gasteiger partial charge >= 0.3 is 0 Å². The zero-order valence-electron chi connectivity index (χ0n) is 18.2. The van der Waals surface area contributed by atoms with Gasteiger partial charge in [-0.05, 0) is 48.9 Å². The Morgan fingerprint density at radius 2 is 2.00 bits per heavy atom. The van der Waals surface area contributed by atoms with E-state index in [-0.39, 0.29) is 17.7 Å². The van der Waals surface area contributed by atoms with Crippen LogP contribution in [0.1, 0.15) is 24.3 Å². The monoisotopic (exact) mass is 482 g/mol. The number of hydrogen-bond acceptors (Lipinski definition) is 6. The van der Waals surface area contributed by atoms with Crippen molar-refractivity contribution in [2.75, 3.05) is 12.9 Å². The van der Waals surface area contributed by atoms with Gasteiger partial charge in [0.15, 0.2) is 11.0 Å². The third kappa shape index (κ3) is 5.77. The Balaban J connectivity index is 1.50. The fraction of sp³-hybridized carbons (Fsp3) is 0.208. The number of carbonyl (C=O) groups excluding carboxylic acids is 1. The SMILES string of the molecule is COc1cccc(-c2nnc(SCC(=O)NC(C)c3ccc(Cl)cc3)n2Cc2ccco2)c1. The Hall–Kier alpha value is -3.23. The van der Waals surface area contributed by atoms with Gasteiger partial charge in [0.05, 0.1) is 31.7 Å². The molecule has 4 aromatic rings. The lowest BCUT2D eigenvalue weighted by Gasteiger charge is -2.14. The predicted molar refractivity (Wildman–Crippen MR) is 129 cm³/mol. The van der Waals surface area contributed by atoms with Crippen molar-refractivity contribution in [1.29, 1.82) is 0 Å². The van der Waals surface area contributed by atoms with Gasteiger partial charge in [-0.15, -0.1) is 10.2 Å². The Labute approximate surface area is 201 Å². The summed E-state index contributed by atoms with van der Waals surface area (Å²) in [7, 11) is 1.62. The van der Waals surface area contributed by atoms with Crippen molar-refractivity contribution in [2.45, 2.75) is 24.7 Å². The van der Waals surface area contributed by atoms with Crippen LogP contribution in [0.15, 0.2) is 76.5 Å². The number of ether oxygens (including phenoxy) is 1. The van der Waals surface area contributed by atoms with Crippen molar-refractivity contribution in [1.82, 2.24) is 20.1 Å². The smallest absolute Gasteiger partial charge is 0.230 e.